The number of aliphatic hydroxyl groups is 4. The van der Waals surface area contributed by atoms with Crippen LogP contribution in [0.15, 0.2) is 18.2 Å². The zero-order valence-electron chi connectivity index (χ0n) is 14.6. The van der Waals surface area contributed by atoms with Crippen molar-refractivity contribution in [3.8, 4) is 17.2 Å². The zero-order valence-corrected chi connectivity index (χ0v) is 16.8. The van der Waals surface area contributed by atoms with Gasteiger partial charge in [-0.1, -0.05) is 6.08 Å². The van der Waals surface area contributed by atoms with Gasteiger partial charge in [0, 0.05) is 22.6 Å². The van der Waals surface area contributed by atoms with Crippen molar-refractivity contribution in [1.29, 1.82) is 0 Å². The Morgan fingerprint density at radius 2 is 1.74 bits per heavy atom. The lowest BCUT2D eigenvalue weighted by Crippen LogP contribution is -2.60. The molecule has 1 aromatic carbocycles. The first-order chi connectivity index (χ1) is 12.8. The molecule has 0 saturated carbocycles. The molecule has 0 unspecified atom stereocenters. The highest BCUT2D eigenvalue weighted by molar-refractivity contribution is 14.1. The number of carbonyl (C=O) groups excluding carboxylic acids is 1. The second kappa shape index (κ2) is 9.66. The van der Waals surface area contributed by atoms with E-state index in [1.807, 2.05) is 0 Å². The van der Waals surface area contributed by atoms with Crippen molar-refractivity contribution in [3.63, 3.8) is 0 Å². The third-order valence-electron chi connectivity index (χ3n) is 3.97. The number of methoxy groups -OCH3 is 2. The van der Waals surface area contributed by atoms with Gasteiger partial charge in [-0.3, -0.25) is 4.79 Å². The molecular formula is C17H21IO9. The van der Waals surface area contributed by atoms with Crippen molar-refractivity contribution >= 4 is 32.5 Å². The van der Waals surface area contributed by atoms with Gasteiger partial charge in [0.05, 0.1) is 20.8 Å². The molecular weight excluding hydrogens is 475 g/mol. The van der Waals surface area contributed by atoms with E-state index in [2.05, 4.69) is 0 Å². The summed E-state index contributed by atoms with van der Waals surface area (Å²) in [4.78, 5) is 11.1. The van der Waals surface area contributed by atoms with Gasteiger partial charge in [0.25, 0.3) is 0 Å². The molecule has 10 heteroatoms. The van der Waals surface area contributed by atoms with Gasteiger partial charge in [0.1, 0.15) is 24.4 Å². The molecule has 2 rings (SSSR count). The van der Waals surface area contributed by atoms with Gasteiger partial charge >= 0.3 is 0 Å². The molecule has 1 aromatic rings. The van der Waals surface area contributed by atoms with E-state index in [0.717, 1.165) is 0 Å². The molecule has 1 fully saturated rings. The Morgan fingerprint density at radius 1 is 1.15 bits per heavy atom. The summed E-state index contributed by atoms with van der Waals surface area (Å²) in [5.74, 6) is 0.543. The average Bonchev–Trinajstić information content (AvgIpc) is 2.66. The Hall–Kier alpha value is -1.44. The van der Waals surface area contributed by atoms with Crippen molar-refractivity contribution in [2.24, 2.45) is 0 Å². The van der Waals surface area contributed by atoms with Gasteiger partial charge in [-0.15, -0.1) is 0 Å². The van der Waals surface area contributed by atoms with Crippen LogP contribution in [-0.4, -0.2) is 75.7 Å². The Labute approximate surface area is 169 Å². The highest BCUT2D eigenvalue weighted by atomic mass is 127. The molecule has 9 nitrogen and oxygen atoms in total. The maximum atomic E-state index is 11.1. The van der Waals surface area contributed by atoms with Gasteiger partial charge in [0.2, 0.25) is 15.8 Å². The van der Waals surface area contributed by atoms with Crippen LogP contribution in [0.1, 0.15) is 5.56 Å². The highest BCUT2D eigenvalue weighted by Crippen LogP contribution is 2.40. The molecule has 0 aliphatic carbocycles. The molecule has 150 valence electrons. The van der Waals surface area contributed by atoms with E-state index in [1.165, 1.54) is 20.3 Å². The second-order valence-corrected chi connectivity index (χ2v) is 6.77. The first-order valence-corrected chi connectivity index (χ1v) is 9.01. The topological polar surface area (TPSA) is 135 Å². The molecule has 27 heavy (non-hydrogen) atoms. The SMILES string of the molecule is COc1cc(/C=C/C(=O)I)cc(OC)c1O[C@H]1O[C@H](CO)[C@@H](O)[C@H](O)[C@@H]1O. The number of hydrogen-bond acceptors (Lipinski definition) is 9. The van der Waals surface area contributed by atoms with Gasteiger partial charge in [0.15, 0.2) is 11.5 Å². The second-order valence-electron chi connectivity index (χ2n) is 5.71. The van der Waals surface area contributed by atoms with E-state index in [-0.39, 0.29) is 21.0 Å². The fourth-order valence-corrected chi connectivity index (χ4v) is 2.73. The van der Waals surface area contributed by atoms with Crippen molar-refractivity contribution in [2.75, 3.05) is 20.8 Å². The van der Waals surface area contributed by atoms with Crippen LogP contribution < -0.4 is 14.2 Å². The molecule has 1 aliphatic rings. The third kappa shape index (κ3) is 5.09. The summed E-state index contributed by atoms with van der Waals surface area (Å²) < 4.78 is 21.4. The van der Waals surface area contributed by atoms with Crippen LogP contribution in [0.25, 0.3) is 6.08 Å². The predicted molar refractivity (Wildman–Crippen MR) is 102 cm³/mol. The zero-order chi connectivity index (χ0) is 20.1. The molecule has 0 bridgehead atoms. The summed E-state index contributed by atoms with van der Waals surface area (Å²) in [6.07, 6.45) is -4.21. The van der Waals surface area contributed by atoms with Crippen molar-refractivity contribution in [3.05, 3.63) is 23.8 Å². The van der Waals surface area contributed by atoms with Gasteiger partial charge < -0.3 is 39.4 Å². The van der Waals surface area contributed by atoms with Crippen LogP contribution in [0.3, 0.4) is 0 Å². The van der Waals surface area contributed by atoms with Crippen LogP contribution in [0, 0.1) is 0 Å². The summed E-state index contributed by atoms with van der Waals surface area (Å²) >= 11 is 1.64. The minimum Gasteiger partial charge on any atom is -0.493 e. The fraction of sp³-hybridized carbons (Fsp3) is 0.471. The third-order valence-corrected chi connectivity index (χ3v) is 4.33. The number of ether oxygens (including phenoxy) is 4. The lowest BCUT2D eigenvalue weighted by atomic mass is 9.99. The molecule has 1 aliphatic heterocycles. The first-order valence-electron chi connectivity index (χ1n) is 7.93. The molecule has 0 radical (unpaired) electrons. The van der Waals surface area contributed by atoms with E-state index in [0.29, 0.717) is 5.56 Å². The van der Waals surface area contributed by atoms with Crippen molar-refractivity contribution < 1.29 is 44.2 Å². The van der Waals surface area contributed by atoms with Crippen molar-refractivity contribution in [2.45, 2.75) is 30.7 Å². The maximum absolute atomic E-state index is 11.1. The lowest BCUT2D eigenvalue weighted by molar-refractivity contribution is -0.277. The summed E-state index contributed by atoms with van der Waals surface area (Å²) in [6, 6.07) is 3.16. The van der Waals surface area contributed by atoms with E-state index >= 15 is 0 Å². The Balaban J connectivity index is 2.35. The minimum atomic E-state index is -1.58. The van der Waals surface area contributed by atoms with Crippen LogP contribution >= 0.6 is 22.6 Å². The Bertz CT molecular complexity index is 666. The maximum Gasteiger partial charge on any atom is 0.229 e. The fourth-order valence-electron chi connectivity index (χ4n) is 2.56. The highest BCUT2D eigenvalue weighted by Gasteiger charge is 2.45. The van der Waals surface area contributed by atoms with Crippen LogP contribution in [0.5, 0.6) is 17.2 Å². The Kier molecular flexibility index (Phi) is 7.82. The summed E-state index contributed by atoms with van der Waals surface area (Å²) in [7, 11) is 2.79. The number of aliphatic hydroxyl groups excluding tert-OH is 4. The van der Waals surface area contributed by atoms with Gasteiger partial charge in [-0.2, -0.15) is 0 Å². The van der Waals surface area contributed by atoms with E-state index in [4.69, 9.17) is 18.9 Å². The molecule has 4 N–H and O–H groups in total. The number of hydrogen-bond donors (Lipinski definition) is 4. The number of allylic oxidation sites excluding steroid dienone is 1. The number of benzene rings is 1. The average molecular weight is 496 g/mol. The predicted octanol–water partition coefficient (Wildman–Crippen LogP) is -0.143. The smallest absolute Gasteiger partial charge is 0.229 e. The largest absolute Gasteiger partial charge is 0.493 e. The van der Waals surface area contributed by atoms with Crippen molar-refractivity contribution in [1.82, 2.24) is 0 Å². The number of halogens is 1. The van der Waals surface area contributed by atoms with E-state index < -0.39 is 37.3 Å². The number of rotatable bonds is 7. The first kappa shape index (κ1) is 21.9. The Morgan fingerprint density at radius 3 is 2.22 bits per heavy atom. The van der Waals surface area contributed by atoms with Gasteiger partial charge in [-0.25, -0.2) is 0 Å². The summed E-state index contributed by atoms with van der Waals surface area (Å²) in [5, 5.41) is 39.1. The summed E-state index contributed by atoms with van der Waals surface area (Å²) in [6.45, 7) is -0.576. The van der Waals surface area contributed by atoms with E-state index in [1.54, 1.807) is 40.8 Å². The monoisotopic (exact) mass is 496 g/mol. The normalized spacial score (nSPS) is 28.2. The molecule has 0 amide bonds. The summed E-state index contributed by atoms with van der Waals surface area (Å²) in [5.41, 5.74) is 0.606. The lowest BCUT2D eigenvalue weighted by Gasteiger charge is -2.39. The molecule has 1 heterocycles. The minimum absolute atomic E-state index is 0.0854. The molecule has 0 aromatic heterocycles. The number of carbonyl (C=O) groups is 1. The van der Waals surface area contributed by atoms with Crippen LogP contribution in [0.4, 0.5) is 0 Å². The van der Waals surface area contributed by atoms with Gasteiger partial charge in [-0.05, 0) is 23.8 Å². The molecule has 1 saturated heterocycles. The standard InChI is InChI=1S/C17H21IO9/c1-24-9-5-8(3-4-12(18)20)6-10(25-2)16(9)27-17-15(23)14(22)13(21)11(7-19)26-17/h3-6,11,13-15,17,19,21-23H,7H2,1-2H3/b4-3+/t11-,13-,14+,15+,17-/m1/s1. The van der Waals surface area contributed by atoms with E-state index in [9.17, 15) is 25.2 Å². The van der Waals surface area contributed by atoms with Crippen LogP contribution in [-0.2, 0) is 9.53 Å². The quantitative estimate of drug-likeness (QED) is 0.231. The molecule has 5 atom stereocenters. The molecule has 0 spiro atoms. The van der Waals surface area contributed by atoms with Crippen LogP contribution in [0.2, 0.25) is 0 Å².